The van der Waals surface area contributed by atoms with Gasteiger partial charge in [0.05, 0.1) is 19.3 Å². The molecule has 1 aromatic carbocycles. The molecule has 192 valence electrons. The minimum absolute atomic E-state index is 0.0497. The van der Waals surface area contributed by atoms with E-state index >= 15 is 0 Å². The summed E-state index contributed by atoms with van der Waals surface area (Å²) in [5.74, 6) is 2.64. The Morgan fingerprint density at radius 3 is 2.69 bits per heavy atom. The molecule has 2 saturated heterocycles. The molecule has 0 amide bonds. The van der Waals surface area contributed by atoms with Crippen LogP contribution >= 0.6 is 0 Å². The Balaban J connectivity index is 1.40. The van der Waals surface area contributed by atoms with Gasteiger partial charge in [-0.05, 0) is 48.4 Å². The largest absolute Gasteiger partial charge is 0.390 e. The van der Waals surface area contributed by atoms with Gasteiger partial charge in [-0.15, -0.1) is 0 Å². The highest BCUT2D eigenvalue weighted by Crippen LogP contribution is 2.37. The van der Waals surface area contributed by atoms with Crippen molar-refractivity contribution in [2.75, 3.05) is 55.0 Å². The van der Waals surface area contributed by atoms with Crippen LogP contribution in [0.5, 0.6) is 0 Å². The fraction of sp³-hybridized carbons (Fsp3) is 0.519. The predicted octanol–water partition coefficient (Wildman–Crippen LogP) is 4.27. The maximum Gasteiger partial charge on any atom is 0.227 e. The van der Waals surface area contributed by atoms with Crippen molar-refractivity contribution in [3.63, 3.8) is 0 Å². The van der Waals surface area contributed by atoms with E-state index in [0.717, 1.165) is 25.1 Å². The van der Waals surface area contributed by atoms with Crippen LogP contribution in [0.3, 0.4) is 0 Å². The molecule has 2 atom stereocenters. The van der Waals surface area contributed by atoms with Gasteiger partial charge in [-0.1, -0.05) is 19.9 Å². The van der Waals surface area contributed by atoms with Crippen molar-refractivity contribution in [3.8, 4) is 0 Å². The second-order valence-corrected chi connectivity index (χ2v) is 10.5. The number of ether oxygens (including phenoxy) is 1. The summed E-state index contributed by atoms with van der Waals surface area (Å²) in [5, 5.41) is 15.6. The van der Waals surface area contributed by atoms with Crippen molar-refractivity contribution in [1.82, 2.24) is 15.0 Å². The van der Waals surface area contributed by atoms with Gasteiger partial charge in [-0.25, -0.2) is 14.4 Å². The highest BCUT2D eigenvalue weighted by Gasteiger charge is 2.39. The smallest absolute Gasteiger partial charge is 0.227 e. The number of piperidine rings is 1. The molecule has 3 aromatic rings. The molecule has 36 heavy (non-hydrogen) atoms. The van der Waals surface area contributed by atoms with E-state index in [9.17, 15) is 9.50 Å². The third-order valence-electron chi connectivity index (χ3n) is 7.28. The van der Waals surface area contributed by atoms with Crippen LogP contribution in [0.25, 0.3) is 10.8 Å². The van der Waals surface area contributed by atoms with Gasteiger partial charge in [-0.2, -0.15) is 4.98 Å². The second kappa shape index (κ2) is 9.78. The van der Waals surface area contributed by atoms with Crippen molar-refractivity contribution in [3.05, 3.63) is 42.2 Å². The molecule has 8 nitrogen and oxygen atoms in total. The molecule has 0 bridgehead atoms. The number of aliphatic hydroxyl groups excluding tert-OH is 1. The average molecular weight is 495 g/mol. The number of rotatable bonds is 7. The highest BCUT2D eigenvalue weighted by atomic mass is 19.1. The summed E-state index contributed by atoms with van der Waals surface area (Å²) in [6.45, 7) is 9.13. The van der Waals surface area contributed by atoms with Gasteiger partial charge in [0.25, 0.3) is 0 Å². The molecule has 2 aliphatic heterocycles. The van der Waals surface area contributed by atoms with Crippen LogP contribution < -0.4 is 15.1 Å². The molecule has 0 aliphatic carbocycles. The first-order valence-corrected chi connectivity index (χ1v) is 12.6. The molecular weight excluding hydrogens is 459 g/mol. The monoisotopic (exact) mass is 494 g/mol. The molecular formula is C27H35FN6O2. The second-order valence-electron chi connectivity index (χ2n) is 10.5. The normalized spacial score (nSPS) is 22.8. The summed E-state index contributed by atoms with van der Waals surface area (Å²) < 4.78 is 20.0. The number of aliphatic hydroxyl groups is 1. The third-order valence-corrected chi connectivity index (χ3v) is 7.28. The number of hydrogen-bond acceptors (Lipinski definition) is 8. The van der Waals surface area contributed by atoms with Crippen LogP contribution in [-0.2, 0) is 4.74 Å². The first kappa shape index (κ1) is 24.6. The zero-order valence-electron chi connectivity index (χ0n) is 21.4. The molecule has 5 rings (SSSR count). The number of nitrogens with zero attached hydrogens (tertiary/aromatic N) is 5. The zero-order chi connectivity index (χ0) is 25.4. The van der Waals surface area contributed by atoms with E-state index in [1.54, 1.807) is 24.3 Å². The SMILES string of the molecule is COCC1CN(c2ccc(C(C)C)c3cc(Nc4ccnc(N5CC[C@@H](O)[C@@](C)(F)C5)n4)ncc23)C1. The van der Waals surface area contributed by atoms with Gasteiger partial charge in [0, 0.05) is 56.1 Å². The van der Waals surface area contributed by atoms with Crippen LogP contribution in [0.2, 0.25) is 0 Å². The lowest BCUT2D eigenvalue weighted by Crippen LogP contribution is -2.52. The van der Waals surface area contributed by atoms with E-state index in [4.69, 9.17) is 9.72 Å². The van der Waals surface area contributed by atoms with Crippen LogP contribution in [0, 0.1) is 5.92 Å². The number of fused-ring (bicyclic) bond motifs is 1. The Bertz CT molecular complexity index is 1230. The average Bonchev–Trinajstić information content (AvgIpc) is 2.82. The standard InChI is InChI=1S/C27H35FN6O2/c1-17(2)19-5-6-22(34-13-18(14-34)15-36-4)21-12-30-25(11-20(19)21)31-24-7-9-29-26(32-24)33-10-8-23(35)27(3,28)16-33/h5-7,9,11-12,17-18,23,35H,8,10,13-16H2,1-4H3,(H,29,30,31,32)/t23-,27+/m1/s1. The van der Waals surface area contributed by atoms with Gasteiger partial charge in [0.15, 0.2) is 5.67 Å². The molecule has 2 aliphatic rings. The number of benzene rings is 1. The Labute approximate surface area is 211 Å². The Kier molecular flexibility index (Phi) is 6.70. The van der Waals surface area contributed by atoms with Crippen LogP contribution in [0.1, 0.15) is 38.7 Å². The molecule has 2 fully saturated rings. The van der Waals surface area contributed by atoms with Crippen molar-refractivity contribution in [1.29, 1.82) is 0 Å². The van der Waals surface area contributed by atoms with Crippen molar-refractivity contribution >= 4 is 34.0 Å². The topological polar surface area (TPSA) is 86.6 Å². The summed E-state index contributed by atoms with van der Waals surface area (Å²) >= 11 is 0. The number of methoxy groups -OCH3 is 1. The number of halogens is 1. The number of nitrogens with one attached hydrogen (secondary N) is 1. The zero-order valence-corrected chi connectivity index (χ0v) is 21.4. The lowest BCUT2D eigenvalue weighted by molar-refractivity contribution is -0.00860. The first-order valence-electron chi connectivity index (χ1n) is 12.6. The van der Waals surface area contributed by atoms with Crippen LogP contribution in [-0.4, -0.2) is 71.7 Å². The number of pyridine rings is 1. The molecule has 2 aromatic heterocycles. The summed E-state index contributed by atoms with van der Waals surface area (Å²) in [4.78, 5) is 17.8. The first-order chi connectivity index (χ1) is 17.2. The minimum Gasteiger partial charge on any atom is -0.390 e. The lowest BCUT2D eigenvalue weighted by Gasteiger charge is -2.41. The van der Waals surface area contributed by atoms with Gasteiger partial charge in [-0.3, -0.25) is 0 Å². The van der Waals surface area contributed by atoms with E-state index in [2.05, 4.69) is 52.2 Å². The number of hydrogen-bond donors (Lipinski definition) is 2. The molecule has 4 heterocycles. The summed E-state index contributed by atoms with van der Waals surface area (Å²) in [7, 11) is 1.75. The molecule has 2 N–H and O–H groups in total. The van der Waals surface area contributed by atoms with E-state index in [1.165, 1.54) is 23.6 Å². The third kappa shape index (κ3) is 4.82. The van der Waals surface area contributed by atoms with E-state index in [1.807, 2.05) is 6.20 Å². The molecule has 0 spiro atoms. The van der Waals surface area contributed by atoms with Crippen LogP contribution in [0.4, 0.5) is 27.7 Å². The summed E-state index contributed by atoms with van der Waals surface area (Å²) in [6.07, 6.45) is 2.96. The van der Waals surface area contributed by atoms with E-state index in [-0.39, 0.29) is 6.54 Å². The molecule has 9 heteroatoms. The van der Waals surface area contributed by atoms with E-state index in [0.29, 0.717) is 42.4 Å². The summed E-state index contributed by atoms with van der Waals surface area (Å²) in [5.41, 5.74) is 0.771. The number of alkyl halides is 1. The van der Waals surface area contributed by atoms with Gasteiger partial charge >= 0.3 is 0 Å². The van der Waals surface area contributed by atoms with Gasteiger partial charge in [0.2, 0.25) is 5.95 Å². The fourth-order valence-electron chi connectivity index (χ4n) is 5.21. The lowest BCUT2D eigenvalue weighted by atomic mass is 9.93. The van der Waals surface area contributed by atoms with Gasteiger partial charge in [0.1, 0.15) is 11.6 Å². The van der Waals surface area contributed by atoms with E-state index < -0.39 is 11.8 Å². The Morgan fingerprint density at radius 1 is 1.17 bits per heavy atom. The maximum absolute atomic E-state index is 14.7. The predicted molar refractivity (Wildman–Crippen MR) is 141 cm³/mol. The highest BCUT2D eigenvalue weighted by molar-refractivity contribution is 5.98. The van der Waals surface area contributed by atoms with Gasteiger partial charge < -0.3 is 25.0 Å². The maximum atomic E-state index is 14.7. The fourth-order valence-corrected chi connectivity index (χ4v) is 5.21. The van der Waals surface area contributed by atoms with Crippen LogP contribution in [0.15, 0.2) is 36.7 Å². The van der Waals surface area contributed by atoms with Crippen molar-refractivity contribution < 1.29 is 14.2 Å². The molecule has 0 unspecified atom stereocenters. The number of anilines is 4. The Morgan fingerprint density at radius 2 is 1.97 bits per heavy atom. The van der Waals surface area contributed by atoms with Crippen molar-refractivity contribution in [2.24, 2.45) is 5.92 Å². The number of aromatic nitrogens is 3. The minimum atomic E-state index is -1.70. The molecule has 0 radical (unpaired) electrons. The molecule has 0 saturated carbocycles. The van der Waals surface area contributed by atoms with Crippen molar-refractivity contribution in [2.45, 2.75) is 44.9 Å². The quantitative estimate of drug-likeness (QED) is 0.504. The summed E-state index contributed by atoms with van der Waals surface area (Å²) in [6, 6.07) is 8.29. The Hall–Kier alpha value is -3.04.